The van der Waals surface area contributed by atoms with E-state index in [0.717, 1.165) is 23.5 Å². The summed E-state index contributed by atoms with van der Waals surface area (Å²) in [6.07, 6.45) is -2.28. The molecule has 0 aliphatic rings. The first-order valence-corrected chi connectivity index (χ1v) is 6.85. The van der Waals surface area contributed by atoms with Crippen molar-refractivity contribution in [2.45, 2.75) is 32.4 Å². The molecule has 2 rings (SSSR count). The summed E-state index contributed by atoms with van der Waals surface area (Å²) < 4.78 is 43.3. The number of aliphatic hydroxyl groups excluding tert-OH is 1. The Morgan fingerprint density at radius 2 is 1.81 bits per heavy atom. The lowest BCUT2D eigenvalue weighted by molar-refractivity contribution is -0.137. The van der Waals surface area contributed by atoms with Crippen molar-refractivity contribution in [3.8, 4) is 11.3 Å². The van der Waals surface area contributed by atoms with Crippen molar-refractivity contribution in [2.75, 3.05) is 6.61 Å². The van der Waals surface area contributed by atoms with Crippen LogP contribution in [0, 0.1) is 0 Å². The summed E-state index contributed by atoms with van der Waals surface area (Å²) in [6, 6.07) is 6.78. The molecular weight excluding hydrogens is 281 g/mol. The molecule has 1 N–H and O–H groups in total. The number of hydrogen-bond acceptors (Lipinski definition) is 2. The molecule has 0 fully saturated rings. The van der Waals surface area contributed by atoms with Gasteiger partial charge in [0.1, 0.15) is 11.5 Å². The highest BCUT2D eigenvalue weighted by atomic mass is 19.4. The van der Waals surface area contributed by atoms with E-state index in [2.05, 4.69) is 0 Å². The summed E-state index contributed by atoms with van der Waals surface area (Å²) in [5.41, 5.74) is 0.948. The zero-order valence-electron chi connectivity index (χ0n) is 11.7. The number of benzene rings is 1. The average Bonchev–Trinajstić information content (AvgIpc) is 2.87. The van der Waals surface area contributed by atoms with Crippen molar-refractivity contribution in [1.82, 2.24) is 0 Å². The molecule has 1 heterocycles. The van der Waals surface area contributed by atoms with Gasteiger partial charge in [-0.15, -0.1) is 0 Å². The van der Waals surface area contributed by atoms with Crippen LogP contribution in [-0.2, 0) is 19.0 Å². The third-order valence-electron chi connectivity index (χ3n) is 3.32. The number of rotatable bonds is 5. The quantitative estimate of drug-likeness (QED) is 0.884. The smallest absolute Gasteiger partial charge is 0.416 e. The van der Waals surface area contributed by atoms with E-state index in [1.807, 2.05) is 13.0 Å². The van der Waals surface area contributed by atoms with E-state index in [1.54, 1.807) is 0 Å². The maximum atomic E-state index is 12.5. The number of aryl methyl sites for hydroxylation is 2. The monoisotopic (exact) mass is 298 g/mol. The highest BCUT2D eigenvalue weighted by Crippen LogP contribution is 2.32. The summed E-state index contributed by atoms with van der Waals surface area (Å²) in [7, 11) is 0. The van der Waals surface area contributed by atoms with Gasteiger partial charge in [0.2, 0.25) is 0 Å². The normalized spacial score (nSPS) is 11.9. The number of furan rings is 1. The third-order valence-corrected chi connectivity index (χ3v) is 3.32. The molecule has 1 aromatic carbocycles. The first kappa shape index (κ1) is 15.6. The minimum absolute atomic E-state index is 0.101. The van der Waals surface area contributed by atoms with Crippen LogP contribution in [0.1, 0.15) is 30.2 Å². The predicted molar refractivity (Wildman–Crippen MR) is 73.9 cm³/mol. The fourth-order valence-electron chi connectivity index (χ4n) is 2.21. The van der Waals surface area contributed by atoms with Gasteiger partial charge in [0.05, 0.1) is 5.56 Å². The number of hydrogen-bond donors (Lipinski definition) is 1. The fourth-order valence-corrected chi connectivity index (χ4v) is 2.21. The highest BCUT2D eigenvalue weighted by molar-refractivity contribution is 5.59. The Hall–Kier alpha value is -1.75. The second kappa shape index (κ2) is 6.35. The fraction of sp³-hybridized carbons (Fsp3) is 0.375. The van der Waals surface area contributed by atoms with Gasteiger partial charge in [-0.25, -0.2) is 0 Å². The van der Waals surface area contributed by atoms with Crippen LogP contribution in [0.3, 0.4) is 0 Å². The third kappa shape index (κ3) is 3.67. The van der Waals surface area contributed by atoms with E-state index in [1.165, 1.54) is 12.1 Å². The summed E-state index contributed by atoms with van der Waals surface area (Å²) in [6.45, 7) is 2.06. The van der Waals surface area contributed by atoms with Gasteiger partial charge in [-0.05, 0) is 36.6 Å². The summed E-state index contributed by atoms with van der Waals surface area (Å²) in [4.78, 5) is 0. The van der Waals surface area contributed by atoms with Crippen LogP contribution in [0.5, 0.6) is 0 Å². The number of alkyl halides is 3. The van der Waals surface area contributed by atoms with Crippen LogP contribution in [0.25, 0.3) is 11.3 Å². The van der Waals surface area contributed by atoms with Crippen molar-refractivity contribution < 1.29 is 22.7 Å². The Morgan fingerprint density at radius 1 is 1.14 bits per heavy atom. The van der Waals surface area contributed by atoms with Crippen LogP contribution in [0.2, 0.25) is 0 Å². The van der Waals surface area contributed by atoms with E-state index in [4.69, 9.17) is 9.52 Å². The molecule has 0 spiro atoms. The molecule has 5 heteroatoms. The van der Waals surface area contributed by atoms with E-state index in [0.29, 0.717) is 30.6 Å². The van der Waals surface area contributed by atoms with Crippen molar-refractivity contribution in [3.63, 3.8) is 0 Å². The molecule has 21 heavy (non-hydrogen) atoms. The van der Waals surface area contributed by atoms with Crippen LogP contribution < -0.4 is 0 Å². The number of halogens is 3. The Bertz CT molecular complexity index is 583. The van der Waals surface area contributed by atoms with Gasteiger partial charge in [0, 0.05) is 18.6 Å². The standard InChI is InChI=1S/C16H17F3O2/c1-2-14-12(4-3-9-20)10-15(21-14)11-5-7-13(8-6-11)16(17,18)19/h5-8,10,20H,2-4,9H2,1H3. The first-order chi connectivity index (χ1) is 9.95. The van der Waals surface area contributed by atoms with Crippen molar-refractivity contribution in [3.05, 3.63) is 47.2 Å². The molecular formula is C16H17F3O2. The van der Waals surface area contributed by atoms with Crippen molar-refractivity contribution in [2.24, 2.45) is 0 Å². The van der Waals surface area contributed by atoms with E-state index in [-0.39, 0.29) is 6.61 Å². The molecule has 114 valence electrons. The summed E-state index contributed by atoms with van der Waals surface area (Å²) in [5, 5.41) is 8.88. The van der Waals surface area contributed by atoms with Gasteiger partial charge in [0.15, 0.2) is 0 Å². The van der Waals surface area contributed by atoms with Gasteiger partial charge in [-0.1, -0.05) is 19.1 Å². The topological polar surface area (TPSA) is 33.4 Å². The number of aliphatic hydroxyl groups is 1. The molecule has 0 radical (unpaired) electrons. The molecule has 2 aromatic rings. The molecule has 1 aromatic heterocycles. The van der Waals surface area contributed by atoms with Gasteiger partial charge in [-0.2, -0.15) is 13.2 Å². The maximum Gasteiger partial charge on any atom is 0.416 e. The predicted octanol–water partition coefficient (Wildman–Crippen LogP) is 4.45. The summed E-state index contributed by atoms with van der Waals surface area (Å²) in [5.74, 6) is 1.38. The van der Waals surface area contributed by atoms with Gasteiger partial charge >= 0.3 is 6.18 Å². The molecule has 2 nitrogen and oxygen atoms in total. The molecule has 0 aliphatic heterocycles. The Balaban J connectivity index is 2.27. The van der Waals surface area contributed by atoms with Gasteiger partial charge in [-0.3, -0.25) is 0 Å². The first-order valence-electron chi connectivity index (χ1n) is 6.85. The second-order valence-electron chi connectivity index (χ2n) is 4.81. The molecule has 0 atom stereocenters. The van der Waals surface area contributed by atoms with E-state index >= 15 is 0 Å². The molecule has 0 saturated heterocycles. The van der Waals surface area contributed by atoms with Gasteiger partial charge < -0.3 is 9.52 Å². The minimum atomic E-state index is -4.33. The van der Waals surface area contributed by atoms with Gasteiger partial charge in [0.25, 0.3) is 0 Å². The average molecular weight is 298 g/mol. The van der Waals surface area contributed by atoms with Crippen LogP contribution in [-0.4, -0.2) is 11.7 Å². The summed E-state index contributed by atoms with van der Waals surface area (Å²) >= 11 is 0. The highest BCUT2D eigenvalue weighted by Gasteiger charge is 2.30. The second-order valence-corrected chi connectivity index (χ2v) is 4.81. The van der Waals surface area contributed by atoms with Crippen molar-refractivity contribution >= 4 is 0 Å². The van der Waals surface area contributed by atoms with Crippen LogP contribution in [0.15, 0.2) is 34.7 Å². The maximum absolute atomic E-state index is 12.5. The Kier molecular flexibility index (Phi) is 4.73. The largest absolute Gasteiger partial charge is 0.461 e. The molecule has 0 saturated carbocycles. The lowest BCUT2D eigenvalue weighted by atomic mass is 10.1. The minimum Gasteiger partial charge on any atom is -0.461 e. The zero-order valence-corrected chi connectivity index (χ0v) is 11.7. The van der Waals surface area contributed by atoms with E-state index in [9.17, 15) is 13.2 Å². The molecule has 0 bridgehead atoms. The molecule has 0 amide bonds. The Labute approximate surface area is 121 Å². The Morgan fingerprint density at radius 3 is 2.33 bits per heavy atom. The lowest BCUT2D eigenvalue weighted by Crippen LogP contribution is -2.03. The SMILES string of the molecule is CCc1oc(-c2ccc(C(F)(F)F)cc2)cc1CCCO. The van der Waals surface area contributed by atoms with Crippen LogP contribution in [0.4, 0.5) is 13.2 Å². The van der Waals surface area contributed by atoms with Crippen molar-refractivity contribution in [1.29, 1.82) is 0 Å². The molecule has 0 unspecified atom stereocenters. The van der Waals surface area contributed by atoms with Crippen LogP contribution >= 0.6 is 0 Å². The van der Waals surface area contributed by atoms with E-state index < -0.39 is 11.7 Å². The lowest BCUT2D eigenvalue weighted by Gasteiger charge is -2.06. The zero-order chi connectivity index (χ0) is 15.5. The molecule has 0 aliphatic carbocycles.